The number of hydrogen-bond acceptors (Lipinski definition) is 5. The van der Waals surface area contributed by atoms with Crippen molar-refractivity contribution in [3.8, 4) is 16.9 Å². The number of amides is 1. The molecule has 3 aromatic rings. The first-order valence-corrected chi connectivity index (χ1v) is 11.6. The highest BCUT2D eigenvalue weighted by Crippen LogP contribution is 2.21. The van der Waals surface area contributed by atoms with Crippen LogP contribution in [0, 0.1) is 0 Å². The van der Waals surface area contributed by atoms with Gasteiger partial charge in [-0.3, -0.25) is 4.79 Å². The molecule has 31 heavy (non-hydrogen) atoms. The van der Waals surface area contributed by atoms with Gasteiger partial charge in [0.05, 0.1) is 12.9 Å². The van der Waals surface area contributed by atoms with Crippen LogP contribution in [0.4, 0.5) is 0 Å². The average Bonchev–Trinajstić information content (AvgIpc) is 2.77. The Balaban J connectivity index is 1.74. The van der Waals surface area contributed by atoms with Gasteiger partial charge >= 0.3 is 10.1 Å². The molecule has 162 valence electrons. The molecule has 3 rings (SSSR count). The number of rotatable bonds is 9. The summed E-state index contributed by atoms with van der Waals surface area (Å²) in [5.74, 6) is 0.130. The minimum absolute atomic E-state index is 0.104. The maximum absolute atomic E-state index is 13.1. The first-order valence-electron chi connectivity index (χ1n) is 9.78. The number of ether oxygens (including phenoxy) is 1. The molecule has 0 aromatic heterocycles. The van der Waals surface area contributed by atoms with E-state index in [0.29, 0.717) is 25.3 Å². The molecule has 0 saturated heterocycles. The van der Waals surface area contributed by atoms with Crippen LogP contribution in [0.5, 0.6) is 5.75 Å². The zero-order valence-corrected chi connectivity index (χ0v) is 18.3. The molecule has 0 aliphatic carbocycles. The summed E-state index contributed by atoms with van der Waals surface area (Å²) in [6, 6.07) is 24.1. The van der Waals surface area contributed by atoms with Gasteiger partial charge in [-0.2, -0.15) is 8.42 Å². The monoisotopic (exact) mass is 439 g/mol. The number of hydrogen-bond donors (Lipinski definition) is 0. The van der Waals surface area contributed by atoms with Gasteiger partial charge in [-0.15, -0.1) is 0 Å². The number of nitrogens with zero attached hydrogens (tertiary/aromatic N) is 1. The van der Waals surface area contributed by atoms with Gasteiger partial charge in [0.15, 0.2) is 0 Å². The molecule has 0 fully saturated rings. The zero-order valence-electron chi connectivity index (χ0n) is 17.5. The molecule has 1 amide bonds. The van der Waals surface area contributed by atoms with Crippen molar-refractivity contribution in [2.75, 3.05) is 26.5 Å². The molecular weight excluding hydrogens is 414 g/mol. The van der Waals surface area contributed by atoms with Gasteiger partial charge < -0.3 is 13.8 Å². The molecule has 0 unspecified atom stereocenters. The molecule has 0 heterocycles. The fraction of sp³-hybridized carbons (Fsp3) is 0.208. The van der Waals surface area contributed by atoms with Gasteiger partial charge in [0.1, 0.15) is 5.75 Å². The SMILES string of the molecule is COCCN(Cc1ccc(OS(C)(=O)=O)cc1)C(=O)c1ccc(-c2ccccc2)cc1. The first kappa shape index (κ1) is 22.5. The van der Waals surface area contributed by atoms with Gasteiger partial charge in [0.2, 0.25) is 0 Å². The van der Waals surface area contributed by atoms with Crippen molar-refractivity contribution in [3.63, 3.8) is 0 Å². The number of benzene rings is 3. The summed E-state index contributed by atoms with van der Waals surface area (Å²) in [4.78, 5) is 14.8. The molecule has 0 spiro atoms. The summed E-state index contributed by atoms with van der Waals surface area (Å²) in [5, 5.41) is 0. The number of carbonyl (C=O) groups is 1. The lowest BCUT2D eigenvalue weighted by atomic mass is 10.0. The van der Waals surface area contributed by atoms with Crippen LogP contribution in [0.25, 0.3) is 11.1 Å². The molecule has 0 radical (unpaired) electrons. The molecule has 0 atom stereocenters. The van der Waals surface area contributed by atoms with Crippen LogP contribution in [-0.2, 0) is 21.4 Å². The van der Waals surface area contributed by atoms with Gasteiger partial charge in [-0.25, -0.2) is 0 Å². The lowest BCUT2D eigenvalue weighted by Crippen LogP contribution is -2.33. The third kappa shape index (κ3) is 6.67. The van der Waals surface area contributed by atoms with E-state index in [1.54, 1.807) is 36.3 Å². The maximum Gasteiger partial charge on any atom is 0.306 e. The highest BCUT2D eigenvalue weighted by molar-refractivity contribution is 7.86. The average molecular weight is 440 g/mol. The van der Waals surface area contributed by atoms with Crippen LogP contribution in [0.15, 0.2) is 78.9 Å². The van der Waals surface area contributed by atoms with Gasteiger partial charge in [0, 0.05) is 25.8 Å². The van der Waals surface area contributed by atoms with Crippen LogP contribution >= 0.6 is 0 Å². The van der Waals surface area contributed by atoms with Crippen molar-refractivity contribution in [1.82, 2.24) is 4.90 Å². The Morgan fingerprint density at radius 2 is 1.48 bits per heavy atom. The van der Waals surface area contributed by atoms with Crippen LogP contribution in [-0.4, -0.2) is 45.7 Å². The maximum atomic E-state index is 13.1. The summed E-state index contributed by atoms with van der Waals surface area (Å²) < 4.78 is 32.5. The van der Waals surface area contributed by atoms with E-state index in [4.69, 9.17) is 8.92 Å². The Morgan fingerprint density at radius 3 is 2.06 bits per heavy atom. The topological polar surface area (TPSA) is 72.9 Å². The van der Waals surface area contributed by atoms with Crippen molar-refractivity contribution in [2.45, 2.75) is 6.54 Å². The summed E-state index contributed by atoms with van der Waals surface area (Å²) in [6.07, 6.45) is 0.995. The molecule has 0 bridgehead atoms. The third-order valence-electron chi connectivity index (χ3n) is 4.64. The van der Waals surface area contributed by atoms with Crippen molar-refractivity contribution in [1.29, 1.82) is 0 Å². The van der Waals surface area contributed by atoms with Crippen LogP contribution in [0.2, 0.25) is 0 Å². The van der Waals surface area contributed by atoms with Crippen LogP contribution in [0.3, 0.4) is 0 Å². The van der Waals surface area contributed by atoms with E-state index in [1.165, 1.54) is 0 Å². The number of carbonyl (C=O) groups excluding carboxylic acids is 1. The van der Waals surface area contributed by atoms with E-state index in [0.717, 1.165) is 22.9 Å². The highest BCUT2D eigenvalue weighted by atomic mass is 32.2. The Kier molecular flexibility index (Phi) is 7.44. The van der Waals surface area contributed by atoms with E-state index in [-0.39, 0.29) is 11.7 Å². The first-order chi connectivity index (χ1) is 14.9. The summed E-state index contributed by atoms with van der Waals surface area (Å²) in [5.41, 5.74) is 3.58. The molecule has 6 nitrogen and oxygen atoms in total. The quantitative estimate of drug-likeness (QED) is 0.472. The second-order valence-electron chi connectivity index (χ2n) is 7.09. The summed E-state index contributed by atoms with van der Waals surface area (Å²) in [6.45, 7) is 1.20. The lowest BCUT2D eigenvalue weighted by molar-refractivity contribution is 0.0680. The molecule has 0 aliphatic rings. The van der Waals surface area contributed by atoms with Gasteiger partial charge in [0.25, 0.3) is 5.91 Å². The molecular formula is C24H25NO5S. The second-order valence-corrected chi connectivity index (χ2v) is 8.67. The Hall–Kier alpha value is -3.16. The Labute approximate surface area is 183 Å². The fourth-order valence-electron chi connectivity index (χ4n) is 3.12. The predicted octanol–water partition coefficient (Wildman–Crippen LogP) is 3.98. The largest absolute Gasteiger partial charge is 0.383 e. The molecule has 0 saturated carbocycles. The summed E-state index contributed by atoms with van der Waals surface area (Å²) in [7, 11) is -1.99. The van der Waals surface area contributed by atoms with Crippen molar-refractivity contribution < 1.29 is 22.1 Å². The Morgan fingerprint density at radius 1 is 0.871 bits per heavy atom. The van der Waals surface area contributed by atoms with Gasteiger partial charge in [-0.05, 0) is 41.0 Å². The second kappa shape index (κ2) is 10.2. The van der Waals surface area contributed by atoms with Crippen LogP contribution in [0.1, 0.15) is 15.9 Å². The van der Waals surface area contributed by atoms with Crippen molar-refractivity contribution in [2.24, 2.45) is 0 Å². The van der Waals surface area contributed by atoms with E-state index < -0.39 is 10.1 Å². The molecule has 7 heteroatoms. The summed E-state index contributed by atoms with van der Waals surface area (Å²) >= 11 is 0. The van der Waals surface area contributed by atoms with Crippen LogP contribution < -0.4 is 4.18 Å². The van der Waals surface area contributed by atoms with E-state index >= 15 is 0 Å². The minimum atomic E-state index is -3.58. The fourth-order valence-corrected chi connectivity index (χ4v) is 3.58. The normalized spacial score (nSPS) is 11.2. The predicted molar refractivity (Wildman–Crippen MR) is 120 cm³/mol. The van der Waals surface area contributed by atoms with Gasteiger partial charge in [-0.1, -0.05) is 54.6 Å². The third-order valence-corrected chi connectivity index (χ3v) is 5.13. The number of methoxy groups -OCH3 is 1. The van der Waals surface area contributed by atoms with E-state index in [9.17, 15) is 13.2 Å². The standard InChI is InChI=1S/C24H25NO5S/c1-29-17-16-25(18-19-8-14-23(15-9-19)30-31(2,27)28)24(26)22-12-10-21(11-13-22)20-6-4-3-5-7-20/h3-15H,16-18H2,1-2H3. The van der Waals surface area contributed by atoms with E-state index in [2.05, 4.69) is 0 Å². The zero-order chi connectivity index (χ0) is 22.3. The van der Waals surface area contributed by atoms with Crippen molar-refractivity contribution >= 4 is 16.0 Å². The lowest BCUT2D eigenvalue weighted by Gasteiger charge is -2.23. The van der Waals surface area contributed by atoms with Crippen molar-refractivity contribution in [3.05, 3.63) is 90.0 Å². The molecule has 0 aliphatic heterocycles. The Bertz CT molecular complexity index is 1090. The smallest absolute Gasteiger partial charge is 0.306 e. The molecule has 0 N–H and O–H groups in total. The van der Waals surface area contributed by atoms with E-state index in [1.807, 2.05) is 54.6 Å². The minimum Gasteiger partial charge on any atom is -0.383 e. The highest BCUT2D eigenvalue weighted by Gasteiger charge is 2.16. The molecule has 3 aromatic carbocycles.